The first-order valence-electron chi connectivity index (χ1n) is 12.5. The summed E-state index contributed by atoms with van der Waals surface area (Å²) >= 11 is 0. The highest BCUT2D eigenvalue weighted by Crippen LogP contribution is 2.48. The highest BCUT2D eigenvalue weighted by Gasteiger charge is 2.41. The predicted molar refractivity (Wildman–Crippen MR) is 136 cm³/mol. The van der Waals surface area contributed by atoms with Gasteiger partial charge in [0.2, 0.25) is 0 Å². The molecule has 3 heteroatoms. The molecule has 0 bridgehead atoms. The van der Waals surface area contributed by atoms with Crippen LogP contribution in [-0.2, 0) is 9.94 Å². The predicted octanol–water partition coefficient (Wildman–Crippen LogP) is 8.60. The minimum Gasteiger partial charge on any atom is -0.350 e. The second-order valence-electron chi connectivity index (χ2n) is 10.3. The van der Waals surface area contributed by atoms with Gasteiger partial charge >= 0.3 is 0 Å². The smallest absolute Gasteiger partial charge is 0.167 e. The fourth-order valence-corrected chi connectivity index (χ4v) is 6.46. The number of benzene rings is 2. The van der Waals surface area contributed by atoms with Crippen LogP contribution >= 0.6 is 8.38 Å². The van der Waals surface area contributed by atoms with E-state index in [0.29, 0.717) is 11.8 Å². The van der Waals surface area contributed by atoms with Gasteiger partial charge in [-0.1, -0.05) is 109 Å². The van der Waals surface area contributed by atoms with Crippen molar-refractivity contribution in [1.29, 1.82) is 0 Å². The Morgan fingerprint density at radius 3 is 2.45 bits per heavy atom. The highest BCUT2D eigenvalue weighted by atomic mass is 31.2. The first-order valence-corrected chi connectivity index (χ1v) is 13.9. The van der Waals surface area contributed by atoms with E-state index in [2.05, 4.69) is 70.2 Å². The lowest BCUT2D eigenvalue weighted by Crippen LogP contribution is -2.42. The summed E-state index contributed by atoms with van der Waals surface area (Å²) in [5.74, 6) is 1.11. The summed E-state index contributed by atoms with van der Waals surface area (Å²) in [6, 6.07) is 15.5. The molecule has 0 aromatic heterocycles. The molecule has 1 aliphatic carbocycles. The molecular weight excluding hydrogens is 399 g/mol. The number of hydrogen-bond acceptors (Lipinski definition) is 2. The summed E-state index contributed by atoms with van der Waals surface area (Å²) in [7, 11) is -1.32. The quantitative estimate of drug-likeness (QED) is 0.279. The normalized spacial score (nSPS) is 23.2. The zero-order valence-corrected chi connectivity index (χ0v) is 21.0. The lowest BCUT2D eigenvalue weighted by atomic mass is 9.64. The third-order valence-corrected chi connectivity index (χ3v) is 8.65. The van der Waals surface area contributed by atoms with Crippen molar-refractivity contribution in [2.24, 2.45) is 11.8 Å². The van der Waals surface area contributed by atoms with Crippen LogP contribution in [0.25, 0.3) is 10.8 Å². The van der Waals surface area contributed by atoms with Crippen LogP contribution in [0.3, 0.4) is 0 Å². The van der Waals surface area contributed by atoms with E-state index in [9.17, 15) is 4.89 Å². The third kappa shape index (κ3) is 6.77. The van der Waals surface area contributed by atoms with Crippen molar-refractivity contribution in [1.82, 2.24) is 0 Å². The third-order valence-electron chi connectivity index (χ3n) is 7.43. The topological polar surface area (TPSA) is 29.5 Å². The standard InChI is InChI=1S/C28H43O2P/c1-5-6-7-8-9-12-19-31(29)30-27-20-22(2)15-18-26(27)28(3,4)25-17-16-23-13-10-11-14-24(23)21-25/h10-11,13-14,16-17,21-22,26-27,29H,5-9,12,15,18-20H2,1-4H3/t22-,26+,27+,31?/m1/s1. The maximum absolute atomic E-state index is 10.7. The van der Waals surface area contributed by atoms with Crippen LogP contribution in [0.4, 0.5) is 0 Å². The van der Waals surface area contributed by atoms with E-state index in [1.165, 1.54) is 61.3 Å². The number of unbranched alkanes of at least 4 members (excludes halogenated alkanes) is 5. The largest absolute Gasteiger partial charge is 0.350 e. The Morgan fingerprint density at radius 2 is 1.68 bits per heavy atom. The molecule has 1 aliphatic rings. The molecule has 172 valence electrons. The SMILES string of the molecule is CCCCCCCCP(O)O[C@H]1C[C@H](C)CC[C@@H]1C(C)(C)c1ccc2ccccc2c1. The molecule has 2 aromatic rings. The molecule has 4 atom stereocenters. The molecule has 0 saturated heterocycles. The van der Waals surface area contributed by atoms with E-state index in [-0.39, 0.29) is 11.5 Å². The molecule has 0 amide bonds. The summed E-state index contributed by atoms with van der Waals surface area (Å²) in [6.07, 6.45) is 12.0. The van der Waals surface area contributed by atoms with Crippen molar-refractivity contribution in [3.63, 3.8) is 0 Å². The number of rotatable bonds is 11. The molecule has 1 unspecified atom stereocenters. The Kier molecular flexibility index (Phi) is 9.38. The van der Waals surface area contributed by atoms with E-state index < -0.39 is 8.38 Å². The van der Waals surface area contributed by atoms with Gasteiger partial charge in [-0.15, -0.1) is 0 Å². The molecule has 0 radical (unpaired) electrons. The van der Waals surface area contributed by atoms with Crippen LogP contribution in [0.15, 0.2) is 42.5 Å². The first-order chi connectivity index (χ1) is 14.9. The van der Waals surface area contributed by atoms with Crippen molar-refractivity contribution < 1.29 is 9.42 Å². The van der Waals surface area contributed by atoms with Crippen LogP contribution in [0.2, 0.25) is 0 Å². The van der Waals surface area contributed by atoms with Crippen molar-refractivity contribution in [2.75, 3.05) is 6.16 Å². The Morgan fingerprint density at radius 1 is 0.968 bits per heavy atom. The summed E-state index contributed by atoms with van der Waals surface area (Å²) in [5, 5.41) is 2.60. The number of hydrogen-bond donors (Lipinski definition) is 1. The van der Waals surface area contributed by atoms with Crippen LogP contribution in [0, 0.1) is 11.8 Å². The molecular formula is C28H43O2P. The van der Waals surface area contributed by atoms with Crippen LogP contribution in [-0.4, -0.2) is 17.2 Å². The van der Waals surface area contributed by atoms with Crippen LogP contribution < -0.4 is 0 Å². The van der Waals surface area contributed by atoms with Gasteiger partial charge in [0.15, 0.2) is 8.38 Å². The number of fused-ring (bicyclic) bond motifs is 1. The zero-order chi connectivity index (χ0) is 22.3. The van der Waals surface area contributed by atoms with Crippen molar-refractivity contribution in [2.45, 2.75) is 97.0 Å². The van der Waals surface area contributed by atoms with Gasteiger partial charge < -0.3 is 9.42 Å². The van der Waals surface area contributed by atoms with Gasteiger partial charge in [0, 0.05) is 6.16 Å². The molecule has 2 nitrogen and oxygen atoms in total. The Bertz CT molecular complexity index is 802. The highest BCUT2D eigenvalue weighted by molar-refractivity contribution is 7.46. The first kappa shape index (κ1) is 24.7. The molecule has 0 spiro atoms. The molecule has 0 aliphatic heterocycles. The fourth-order valence-electron chi connectivity index (χ4n) is 5.31. The zero-order valence-electron chi connectivity index (χ0n) is 20.1. The molecule has 1 fully saturated rings. The van der Waals surface area contributed by atoms with Gasteiger partial charge in [-0.3, -0.25) is 0 Å². The second kappa shape index (κ2) is 11.8. The average molecular weight is 443 g/mol. The van der Waals surface area contributed by atoms with Gasteiger partial charge in [0.1, 0.15) is 0 Å². The molecule has 1 saturated carbocycles. The Balaban J connectivity index is 1.65. The van der Waals surface area contributed by atoms with Crippen molar-refractivity contribution in [3.05, 3.63) is 48.0 Å². The summed E-state index contributed by atoms with van der Waals surface area (Å²) in [5.41, 5.74) is 1.41. The van der Waals surface area contributed by atoms with Gasteiger partial charge in [-0.2, -0.15) is 0 Å². The summed E-state index contributed by atoms with van der Waals surface area (Å²) < 4.78 is 6.42. The molecule has 2 aromatic carbocycles. The lowest BCUT2D eigenvalue weighted by molar-refractivity contribution is 0.0341. The van der Waals surface area contributed by atoms with Gasteiger partial charge in [0.05, 0.1) is 6.10 Å². The average Bonchev–Trinajstić information content (AvgIpc) is 2.75. The van der Waals surface area contributed by atoms with Gasteiger partial charge in [-0.25, -0.2) is 0 Å². The second-order valence-corrected chi connectivity index (χ2v) is 11.7. The maximum atomic E-state index is 10.7. The van der Waals surface area contributed by atoms with E-state index in [4.69, 9.17) is 4.52 Å². The molecule has 31 heavy (non-hydrogen) atoms. The van der Waals surface area contributed by atoms with Gasteiger partial charge in [0.25, 0.3) is 0 Å². The van der Waals surface area contributed by atoms with Crippen molar-refractivity contribution >= 4 is 19.1 Å². The van der Waals surface area contributed by atoms with Crippen LogP contribution in [0.1, 0.15) is 91.0 Å². The fraction of sp³-hybridized carbons (Fsp3) is 0.643. The van der Waals surface area contributed by atoms with Crippen molar-refractivity contribution in [3.8, 4) is 0 Å². The molecule has 0 heterocycles. The lowest BCUT2D eigenvalue weighted by Gasteiger charge is -2.44. The van der Waals surface area contributed by atoms with E-state index in [1.807, 2.05) is 0 Å². The Labute approximate surface area is 191 Å². The van der Waals surface area contributed by atoms with Crippen LogP contribution in [0.5, 0.6) is 0 Å². The van der Waals surface area contributed by atoms with E-state index >= 15 is 0 Å². The maximum Gasteiger partial charge on any atom is 0.167 e. The molecule has 1 N–H and O–H groups in total. The molecule has 3 rings (SSSR count). The van der Waals surface area contributed by atoms with Gasteiger partial charge in [-0.05, 0) is 52.8 Å². The minimum absolute atomic E-state index is 0.0190. The van der Waals surface area contributed by atoms with E-state index in [1.54, 1.807) is 0 Å². The van der Waals surface area contributed by atoms with E-state index in [0.717, 1.165) is 19.0 Å². The Hall–Kier alpha value is -0.950. The minimum atomic E-state index is -1.32. The summed E-state index contributed by atoms with van der Waals surface area (Å²) in [6.45, 7) is 9.34. The monoisotopic (exact) mass is 442 g/mol. The summed E-state index contributed by atoms with van der Waals surface area (Å²) in [4.78, 5) is 10.7.